The van der Waals surface area contributed by atoms with Gasteiger partial charge in [0.2, 0.25) is 0 Å². The molecule has 0 bridgehead atoms. The lowest BCUT2D eigenvalue weighted by molar-refractivity contribution is 0.0735. The molecule has 1 aliphatic rings. The molecule has 0 spiro atoms. The monoisotopic (exact) mass is 397 g/mol. The van der Waals surface area contributed by atoms with E-state index in [4.69, 9.17) is 0 Å². The molecular weight excluding hydrogens is 369 g/mol. The van der Waals surface area contributed by atoms with E-state index in [-0.39, 0.29) is 17.5 Å². The molecule has 2 N–H and O–H groups in total. The number of ketones is 1. The van der Waals surface area contributed by atoms with Crippen molar-refractivity contribution >= 4 is 11.7 Å². The first-order chi connectivity index (χ1) is 14.0. The number of amides is 1. The maximum atomic E-state index is 13.2. The summed E-state index contributed by atoms with van der Waals surface area (Å²) in [4.78, 5) is 27.7. The number of likely N-dealkylation sites (N-methyl/N-ethyl adjacent to an activating group) is 1. The Bertz CT molecular complexity index is 839. The zero-order chi connectivity index (χ0) is 20.9. The van der Waals surface area contributed by atoms with Crippen molar-refractivity contribution in [3.63, 3.8) is 0 Å². The second kappa shape index (κ2) is 9.29. The predicted molar refractivity (Wildman–Crippen MR) is 112 cm³/mol. The molecule has 0 aliphatic carbocycles. The van der Waals surface area contributed by atoms with Gasteiger partial charge in [0.15, 0.2) is 5.78 Å². The average molecular weight is 397 g/mol. The Balaban J connectivity index is 1.77. The first-order valence-corrected chi connectivity index (χ1v) is 10.1. The van der Waals surface area contributed by atoms with Crippen LogP contribution >= 0.6 is 0 Å². The lowest BCUT2D eigenvalue weighted by atomic mass is 9.81. The summed E-state index contributed by atoms with van der Waals surface area (Å²) in [5.41, 5.74) is 1.32. The van der Waals surface area contributed by atoms with Crippen molar-refractivity contribution in [3.05, 3.63) is 71.0 Å². The van der Waals surface area contributed by atoms with E-state index >= 15 is 0 Å². The molecule has 1 unspecified atom stereocenters. The fourth-order valence-electron chi connectivity index (χ4n) is 3.79. The topological polar surface area (TPSA) is 61.4 Å². The molecule has 0 aromatic heterocycles. The maximum absolute atomic E-state index is 13.2. The molecule has 1 fully saturated rings. The lowest BCUT2D eigenvalue weighted by Crippen LogP contribution is -2.51. The largest absolute Gasteiger partial charge is 0.336 e. The van der Waals surface area contributed by atoms with E-state index in [9.17, 15) is 14.0 Å². The number of carbonyl (C=O) groups excluding carboxylic acids is 2. The Kier molecular flexibility index (Phi) is 6.77. The summed E-state index contributed by atoms with van der Waals surface area (Å²) in [5, 5.41) is 6.43. The average Bonchev–Trinajstić information content (AvgIpc) is 2.78. The smallest absolute Gasteiger partial charge is 0.253 e. The number of hydrogen-bond acceptors (Lipinski definition) is 4. The molecule has 1 aliphatic heterocycles. The van der Waals surface area contributed by atoms with Crippen LogP contribution in [0.4, 0.5) is 4.39 Å². The summed E-state index contributed by atoms with van der Waals surface area (Å²) in [6.45, 7) is 5.02. The molecule has 1 atom stereocenters. The lowest BCUT2D eigenvalue weighted by Gasteiger charge is -2.31. The van der Waals surface area contributed by atoms with Gasteiger partial charge in [0.05, 0.1) is 5.54 Å². The number of Topliss-reactive ketones (excluding diaryl/α,β-unsaturated/α-hetero) is 1. The van der Waals surface area contributed by atoms with Crippen LogP contribution in [0.2, 0.25) is 0 Å². The van der Waals surface area contributed by atoms with E-state index in [1.54, 1.807) is 7.05 Å². The van der Waals surface area contributed by atoms with Gasteiger partial charge in [0, 0.05) is 37.3 Å². The summed E-state index contributed by atoms with van der Waals surface area (Å²) in [7, 11) is 1.77. The molecule has 2 aromatic carbocycles. The molecule has 2 aromatic rings. The molecule has 1 heterocycles. The first-order valence-electron chi connectivity index (χ1n) is 10.1. The summed E-state index contributed by atoms with van der Waals surface area (Å²) < 4.78 is 13.2. The van der Waals surface area contributed by atoms with Gasteiger partial charge in [-0.15, -0.1) is 0 Å². The summed E-state index contributed by atoms with van der Waals surface area (Å²) >= 11 is 0. The van der Waals surface area contributed by atoms with Crippen molar-refractivity contribution in [2.24, 2.45) is 0 Å². The molecule has 5 nitrogen and oxygen atoms in total. The third-order valence-electron chi connectivity index (χ3n) is 5.73. The van der Waals surface area contributed by atoms with E-state index < -0.39 is 5.54 Å². The number of hydrogen-bond donors (Lipinski definition) is 2. The fraction of sp³-hybridized carbons (Fsp3) is 0.391. The highest BCUT2D eigenvalue weighted by atomic mass is 19.1. The normalized spacial score (nSPS) is 16.3. The zero-order valence-corrected chi connectivity index (χ0v) is 17.0. The Morgan fingerprint density at radius 2 is 1.62 bits per heavy atom. The quantitative estimate of drug-likeness (QED) is 0.706. The van der Waals surface area contributed by atoms with Gasteiger partial charge in [-0.25, -0.2) is 4.39 Å². The molecule has 154 valence electrons. The van der Waals surface area contributed by atoms with Gasteiger partial charge in [0.1, 0.15) is 5.82 Å². The van der Waals surface area contributed by atoms with E-state index in [0.29, 0.717) is 37.1 Å². The van der Waals surface area contributed by atoms with Crippen LogP contribution in [0.25, 0.3) is 0 Å². The van der Waals surface area contributed by atoms with Gasteiger partial charge in [-0.3, -0.25) is 9.59 Å². The number of nitrogens with zero attached hydrogens (tertiary/aromatic N) is 1. The van der Waals surface area contributed by atoms with Crippen molar-refractivity contribution in [2.45, 2.75) is 25.3 Å². The van der Waals surface area contributed by atoms with Crippen LogP contribution in [0.1, 0.15) is 39.6 Å². The molecule has 29 heavy (non-hydrogen) atoms. The molecule has 1 amide bonds. The number of carbonyl (C=O) groups is 2. The van der Waals surface area contributed by atoms with Crippen LogP contribution in [0.15, 0.2) is 48.5 Å². The van der Waals surface area contributed by atoms with E-state index in [1.165, 1.54) is 24.3 Å². The molecule has 3 rings (SSSR count). The van der Waals surface area contributed by atoms with Gasteiger partial charge in [0.25, 0.3) is 5.91 Å². The van der Waals surface area contributed by atoms with Gasteiger partial charge in [-0.2, -0.15) is 0 Å². The highest BCUT2D eigenvalue weighted by molar-refractivity contribution is 6.03. The first kappa shape index (κ1) is 21.1. The highest BCUT2D eigenvalue weighted by Gasteiger charge is 2.35. The Hall–Kier alpha value is -2.57. The van der Waals surface area contributed by atoms with Gasteiger partial charge >= 0.3 is 0 Å². The maximum Gasteiger partial charge on any atom is 0.253 e. The third-order valence-corrected chi connectivity index (χ3v) is 5.73. The number of nitrogens with one attached hydrogen (secondary N) is 2. The molecule has 0 radical (unpaired) electrons. The van der Waals surface area contributed by atoms with Crippen LogP contribution < -0.4 is 10.6 Å². The highest BCUT2D eigenvalue weighted by Crippen LogP contribution is 2.23. The Morgan fingerprint density at radius 3 is 2.17 bits per heavy atom. The van der Waals surface area contributed by atoms with E-state index in [2.05, 4.69) is 10.6 Å². The van der Waals surface area contributed by atoms with Crippen molar-refractivity contribution in [1.82, 2.24) is 15.5 Å². The standard InChI is InChI=1S/C23H28FN3O2/c1-3-23(25-2,21(28)18-8-10-20(24)11-9-18)16-17-4-6-19(7-5-17)22(29)27-14-12-26-13-15-27/h4-11,25-26H,3,12-16H2,1-2H3. The van der Waals surface area contributed by atoms with Crippen LogP contribution in [0.3, 0.4) is 0 Å². The van der Waals surface area contributed by atoms with Crippen LogP contribution in [-0.4, -0.2) is 55.4 Å². The number of rotatable bonds is 7. The number of piperazine rings is 1. The zero-order valence-electron chi connectivity index (χ0n) is 17.0. The van der Waals surface area contributed by atoms with Crippen molar-refractivity contribution < 1.29 is 14.0 Å². The summed E-state index contributed by atoms with van der Waals surface area (Å²) in [6, 6.07) is 13.1. The minimum atomic E-state index is -0.790. The van der Waals surface area contributed by atoms with Crippen LogP contribution in [-0.2, 0) is 6.42 Å². The number of halogens is 1. The van der Waals surface area contributed by atoms with Gasteiger partial charge in [-0.05, 0) is 61.9 Å². The van der Waals surface area contributed by atoms with Gasteiger partial charge < -0.3 is 15.5 Å². The second-order valence-corrected chi connectivity index (χ2v) is 7.44. The summed E-state index contributed by atoms with van der Waals surface area (Å²) in [5.74, 6) is -0.392. The molecule has 1 saturated heterocycles. The minimum Gasteiger partial charge on any atom is -0.336 e. The molecule has 0 saturated carbocycles. The third kappa shape index (κ3) is 4.71. The molecular formula is C23H28FN3O2. The second-order valence-electron chi connectivity index (χ2n) is 7.44. The van der Waals surface area contributed by atoms with Crippen molar-refractivity contribution in [3.8, 4) is 0 Å². The SMILES string of the molecule is CCC(Cc1ccc(C(=O)N2CCNCC2)cc1)(NC)C(=O)c1ccc(F)cc1. The predicted octanol–water partition coefficient (Wildman–Crippen LogP) is 2.66. The van der Waals surface area contributed by atoms with Crippen LogP contribution in [0, 0.1) is 5.82 Å². The Morgan fingerprint density at radius 1 is 1.03 bits per heavy atom. The van der Waals surface area contributed by atoms with E-state index in [1.807, 2.05) is 36.1 Å². The van der Waals surface area contributed by atoms with Crippen LogP contribution in [0.5, 0.6) is 0 Å². The summed E-state index contributed by atoms with van der Waals surface area (Å²) in [6.07, 6.45) is 1.07. The van der Waals surface area contributed by atoms with Crippen molar-refractivity contribution in [1.29, 1.82) is 0 Å². The van der Waals surface area contributed by atoms with Crippen molar-refractivity contribution in [2.75, 3.05) is 33.2 Å². The fourth-order valence-corrected chi connectivity index (χ4v) is 3.79. The molecule has 6 heteroatoms. The number of benzene rings is 2. The van der Waals surface area contributed by atoms with E-state index in [0.717, 1.165) is 18.7 Å². The minimum absolute atomic E-state index is 0.0378. The van der Waals surface area contributed by atoms with Gasteiger partial charge in [-0.1, -0.05) is 19.1 Å². The Labute approximate surface area is 171 Å².